The van der Waals surface area contributed by atoms with Crippen LogP contribution in [0.4, 0.5) is 0 Å². The fourth-order valence-electron chi connectivity index (χ4n) is 1.64. The molecule has 0 aliphatic heterocycles. The molecule has 2 atom stereocenters. The smallest absolute Gasteiger partial charge is 0.331 e. The van der Waals surface area contributed by atoms with Gasteiger partial charge in [0.15, 0.2) is 6.04 Å². The minimum atomic E-state index is -0.974. The molecule has 18 heavy (non-hydrogen) atoms. The van der Waals surface area contributed by atoms with Crippen molar-refractivity contribution in [2.24, 2.45) is 0 Å². The van der Waals surface area contributed by atoms with Crippen molar-refractivity contribution in [1.29, 1.82) is 0 Å². The first-order chi connectivity index (χ1) is 8.52. The first-order valence-electron chi connectivity index (χ1n) is 6.58. The summed E-state index contributed by atoms with van der Waals surface area (Å²) in [5.41, 5.74) is 0. The van der Waals surface area contributed by atoms with Crippen LogP contribution in [0.25, 0.3) is 0 Å². The van der Waals surface area contributed by atoms with Gasteiger partial charge in [-0.15, -0.1) is 0 Å². The molecule has 0 spiro atoms. The molecule has 0 rings (SSSR count). The predicted molar refractivity (Wildman–Crippen MR) is 69.0 cm³/mol. The molecule has 0 unspecified atom stereocenters. The molecule has 0 saturated heterocycles. The van der Waals surface area contributed by atoms with Crippen LogP contribution in [-0.4, -0.2) is 36.2 Å². The van der Waals surface area contributed by atoms with E-state index in [-0.39, 0.29) is 5.91 Å². The molecule has 5 heteroatoms. The van der Waals surface area contributed by atoms with Crippen molar-refractivity contribution >= 4 is 11.9 Å². The third-order valence-corrected chi connectivity index (χ3v) is 2.76. The quantitative estimate of drug-likeness (QED) is 0.484. The molecular weight excluding hydrogens is 234 g/mol. The van der Waals surface area contributed by atoms with Crippen LogP contribution in [0.3, 0.4) is 0 Å². The predicted octanol–water partition coefficient (Wildman–Crippen LogP) is 1.39. The Balaban J connectivity index is 3.92. The van der Waals surface area contributed by atoms with Gasteiger partial charge in [0.25, 0.3) is 0 Å². The number of aliphatic hydroxyl groups excluding tert-OH is 1. The summed E-state index contributed by atoms with van der Waals surface area (Å²) in [5, 5.41) is 11.9. The second-order valence-corrected chi connectivity index (χ2v) is 4.47. The largest absolute Gasteiger partial charge is 0.467 e. The van der Waals surface area contributed by atoms with E-state index in [1.54, 1.807) is 0 Å². The van der Waals surface area contributed by atoms with Gasteiger partial charge in [-0.1, -0.05) is 32.6 Å². The van der Waals surface area contributed by atoms with Crippen molar-refractivity contribution in [1.82, 2.24) is 5.32 Å². The van der Waals surface area contributed by atoms with E-state index in [2.05, 4.69) is 17.0 Å². The molecule has 0 radical (unpaired) electrons. The first kappa shape index (κ1) is 16.9. The molecule has 0 aliphatic carbocycles. The number of ether oxygens (including phenoxy) is 1. The van der Waals surface area contributed by atoms with Gasteiger partial charge >= 0.3 is 5.97 Å². The van der Waals surface area contributed by atoms with Crippen molar-refractivity contribution in [3.63, 3.8) is 0 Å². The van der Waals surface area contributed by atoms with E-state index in [4.69, 9.17) is 0 Å². The van der Waals surface area contributed by atoms with Crippen LogP contribution in [0.15, 0.2) is 0 Å². The van der Waals surface area contributed by atoms with E-state index in [9.17, 15) is 14.7 Å². The van der Waals surface area contributed by atoms with Crippen molar-refractivity contribution < 1.29 is 19.4 Å². The highest BCUT2D eigenvalue weighted by molar-refractivity contribution is 5.84. The lowest BCUT2D eigenvalue weighted by molar-refractivity contribution is -0.148. The number of methoxy groups -OCH3 is 1. The lowest BCUT2D eigenvalue weighted by Crippen LogP contribution is -2.48. The number of nitrogens with one attached hydrogen (secondary N) is 1. The summed E-state index contributed by atoms with van der Waals surface area (Å²) in [5.74, 6) is -0.841. The van der Waals surface area contributed by atoms with Crippen LogP contribution in [0, 0.1) is 0 Å². The van der Waals surface area contributed by atoms with Crippen molar-refractivity contribution in [2.45, 2.75) is 64.5 Å². The van der Waals surface area contributed by atoms with Crippen LogP contribution in [0.1, 0.15) is 52.4 Å². The topological polar surface area (TPSA) is 75.6 Å². The Kier molecular flexibility index (Phi) is 9.28. The van der Waals surface area contributed by atoms with E-state index >= 15 is 0 Å². The van der Waals surface area contributed by atoms with Crippen LogP contribution in [-0.2, 0) is 14.3 Å². The Labute approximate surface area is 109 Å². The maximum absolute atomic E-state index is 11.6. The zero-order valence-electron chi connectivity index (χ0n) is 11.6. The van der Waals surface area contributed by atoms with Gasteiger partial charge in [0.05, 0.1) is 13.2 Å². The number of carbonyl (C=O) groups excluding carboxylic acids is 2. The van der Waals surface area contributed by atoms with Gasteiger partial charge in [-0.2, -0.15) is 0 Å². The summed E-state index contributed by atoms with van der Waals surface area (Å²) in [7, 11) is 1.23. The summed E-state index contributed by atoms with van der Waals surface area (Å²) in [6, 6.07) is -0.974. The van der Waals surface area contributed by atoms with Gasteiger partial charge < -0.3 is 15.2 Å². The maximum Gasteiger partial charge on any atom is 0.331 e. The molecule has 0 fully saturated rings. The van der Waals surface area contributed by atoms with Gasteiger partial charge in [-0.3, -0.25) is 4.79 Å². The average molecular weight is 259 g/mol. The van der Waals surface area contributed by atoms with E-state index < -0.39 is 18.1 Å². The van der Waals surface area contributed by atoms with E-state index in [0.29, 0.717) is 6.42 Å². The first-order valence-corrected chi connectivity index (χ1v) is 6.58. The number of unbranched alkanes of at least 4 members (excludes halogenated alkanes) is 4. The summed E-state index contributed by atoms with van der Waals surface area (Å²) >= 11 is 0. The molecule has 1 amide bonds. The Hall–Kier alpha value is -1.10. The molecular formula is C13H25NO4. The third-order valence-electron chi connectivity index (χ3n) is 2.76. The van der Waals surface area contributed by atoms with Crippen molar-refractivity contribution in [2.75, 3.05) is 7.11 Å². The van der Waals surface area contributed by atoms with Crippen LogP contribution >= 0.6 is 0 Å². The lowest BCUT2D eigenvalue weighted by Gasteiger charge is -2.18. The minimum Gasteiger partial charge on any atom is -0.467 e. The van der Waals surface area contributed by atoms with Crippen molar-refractivity contribution in [3.05, 3.63) is 0 Å². The molecule has 2 N–H and O–H groups in total. The summed E-state index contributed by atoms with van der Waals surface area (Å²) in [6.45, 7) is 3.58. The van der Waals surface area contributed by atoms with Gasteiger partial charge in [0.1, 0.15) is 0 Å². The Morgan fingerprint density at radius 2 is 1.83 bits per heavy atom. The zero-order valence-corrected chi connectivity index (χ0v) is 11.6. The highest BCUT2D eigenvalue weighted by atomic mass is 16.5. The number of aliphatic hydroxyl groups is 1. The molecule has 106 valence electrons. The fraction of sp³-hybridized carbons (Fsp3) is 0.846. The zero-order chi connectivity index (χ0) is 14.0. The number of esters is 1. The van der Waals surface area contributed by atoms with Crippen molar-refractivity contribution in [3.8, 4) is 0 Å². The van der Waals surface area contributed by atoms with Gasteiger partial charge in [-0.05, 0) is 13.3 Å². The van der Waals surface area contributed by atoms with E-state index in [1.807, 2.05) is 0 Å². The van der Waals surface area contributed by atoms with Crippen LogP contribution < -0.4 is 5.32 Å². The monoisotopic (exact) mass is 259 g/mol. The third kappa shape index (κ3) is 7.27. The maximum atomic E-state index is 11.6. The Morgan fingerprint density at radius 3 is 2.33 bits per heavy atom. The van der Waals surface area contributed by atoms with E-state index in [0.717, 1.165) is 19.3 Å². The molecule has 0 aromatic rings. The molecule has 0 aromatic carbocycles. The minimum absolute atomic E-state index is 0.220. The SMILES string of the molecule is CCCCCCCC(=O)N[C@H](C(=O)OC)[C@@H](C)O. The summed E-state index contributed by atoms with van der Waals surface area (Å²) in [6.07, 6.45) is 4.71. The molecule has 0 aromatic heterocycles. The van der Waals surface area contributed by atoms with Gasteiger partial charge in [-0.25, -0.2) is 4.79 Å². The molecule has 0 aliphatic rings. The van der Waals surface area contributed by atoms with Gasteiger partial charge in [0.2, 0.25) is 5.91 Å². The number of carbonyl (C=O) groups is 2. The molecule has 5 nitrogen and oxygen atoms in total. The molecule has 0 bridgehead atoms. The van der Waals surface area contributed by atoms with Crippen LogP contribution in [0.5, 0.6) is 0 Å². The van der Waals surface area contributed by atoms with Crippen LogP contribution in [0.2, 0.25) is 0 Å². The number of amides is 1. The average Bonchev–Trinajstić information content (AvgIpc) is 2.34. The number of rotatable bonds is 9. The molecule has 0 saturated carbocycles. The Bertz CT molecular complexity index is 253. The van der Waals surface area contributed by atoms with E-state index in [1.165, 1.54) is 26.9 Å². The lowest BCUT2D eigenvalue weighted by atomic mass is 10.1. The highest BCUT2D eigenvalue weighted by Crippen LogP contribution is 2.05. The van der Waals surface area contributed by atoms with Gasteiger partial charge in [0, 0.05) is 6.42 Å². The second kappa shape index (κ2) is 9.88. The highest BCUT2D eigenvalue weighted by Gasteiger charge is 2.25. The second-order valence-electron chi connectivity index (χ2n) is 4.47. The normalized spacial score (nSPS) is 13.8. The summed E-state index contributed by atoms with van der Waals surface area (Å²) < 4.78 is 4.52. The standard InChI is InChI=1S/C13H25NO4/c1-4-5-6-7-8-9-11(16)14-12(10(2)15)13(17)18-3/h10,12,15H,4-9H2,1-3H3,(H,14,16)/t10-,12+/m1/s1. The Morgan fingerprint density at radius 1 is 1.22 bits per heavy atom. The number of hydrogen-bond donors (Lipinski definition) is 2. The summed E-state index contributed by atoms with van der Waals surface area (Å²) in [4.78, 5) is 22.9. The fourth-order valence-corrected chi connectivity index (χ4v) is 1.64. The number of hydrogen-bond acceptors (Lipinski definition) is 4. The molecule has 0 heterocycles.